The normalized spacial score (nSPS) is 10.7. The zero-order chi connectivity index (χ0) is 12.5. The number of hydrogen-bond donors (Lipinski definition) is 2. The van der Waals surface area contributed by atoms with Gasteiger partial charge in [0.25, 0.3) is 5.89 Å². The second kappa shape index (κ2) is 3.99. The maximum absolute atomic E-state index is 13.0. The van der Waals surface area contributed by atoms with Crippen molar-refractivity contribution in [3.05, 3.63) is 42.3 Å². The van der Waals surface area contributed by atoms with E-state index < -0.39 is 5.82 Å². The number of anilines is 1. The van der Waals surface area contributed by atoms with Crippen LogP contribution in [-0.2, 0) is 0 Å². The maximum Gasteiger partial charge on any atom is 0.258 e. The maximum atomic E-state index is 13.0. The summed E-state index contributed by atoms with van der Waals surface area (Å²) in [5.74, 6) is 0.270. The van der Waals surface area contributed by atoms with Crippen LogP contribution in [0, 0.1) is 5.82 Å². The van der Waals surface area contributed by atoms with Crippen molar-refractivity contribution in [1.29, 1.82) is 0 Å². The van der Waals surface area contributed by atoms with Gasteiger partial charge in [-0.25, -0.2) is 4.39 Å². The third kappa shape index (κ3) is 1.73. The number of hydrogen-bond acceptors (Lipinski definition) is 4. The average Bonchev–Trinajstić information content (AvgIpc) is 3.01. The van der Waals surface area contributed by atoms with Crippen LogP contribution in [-0.4, -0.2) is 15.1 Å². The molecule has 0 atom stereocenters. The molecule has 3 aromatic rings. The minimum absolute atomic E-state index is 0.0483. The second-order valence-electron chi connectivity index (χ2n) is 3.74. The minimum Gasteiger partial charge on any atom is -0.396 e. The number of rotatable bonds is 2. The summed E-state index contributed by atoms with van der Waals surface area (Å²) < 4.78 is 18.2. The Morgan fingerprint density at radius 1 is 1.28 bits per heavy atom. The molecule has 2 heterocycles. The van der Waals surface area contributed by atoms with Gasteiger partial charge < -0.3 is 15.2 Å². The molecular formula is C12H9FN4O. The standard InChI is InChI=1S/C12H9FN4O/c13-8-4-3-7(6-9(8)14)12-16-11(17-18-12)10-2-1-5-15-10/h1-6,15H,14H2. The van der Waals surface area contributed by atoms with Crippen molar-refractivity contribution in [2.24, 2.45) is 0 Å². The smallest absolute Gasteiger partial charge is 0.258 e. The molecule has 2 aromatic heterocycles. The van der Waals surface area contributed by atoms with E-state index in [2.05, 4.69) is 15.1 Å². The van der Waals surface area contributed by atoms with Crippen LogP contribution in [0.25, 0.3) is 23.0 Å². The van der Waals surface area contributed by atoms with Crippen LogP contribution >= 0.6 is 0 Å². The van der Waals surface area contributed by atoms with Gasteiger partial charge in [0.05, 0.1) is 11.4 Å². The molecule has 0 saturated heterocycles. The number of benzene rings is 1. The van der Waals surface area contributed by atoms with Crippen molar-refractivity contribution in [1.82, 2.24) is 15.1 Å². The number of halogens is 1. The van der Waals surface area contributed by atoms with Crippen LogP contribution in [0.3, 0.4) is 0 Å². The summed E-state index contributed by atoms with van der Waals surface area (Å²) in [4.78, 5) is 7.18. The third-order valence-corrected chi connectivity index (χ3v) is 2.51. The first kappa shape index (κ1) is 10.5. The Hall–Kier alpha value is -2.63. The van der Waals surface area contributed by atoms with E-state index in [4.69, 9.17) is 10.3 Å². The lowest BCUT2D eigenvalue weighted by Crippen LogP contribution is -1.90. The topological polar surface area (TPSA) is 80.7 Å². The average molecular weight is 244 g/mol. The fraction of sp³-hybridized carbons (Fsp3) is 0. The van der Waals surface area contributed by atoms with Crippen molar-refractivity contribution in [2.75, 3.05) is 5.73 Å². The predicted molar refractivity (Wildman–Crippen MR) is 63.9 cm³/mol. The van der Waals surface area contributed by atoms with Gasteiger partial charge in [-0.1, -0.05) is 5.16 Å². The summed E-state index contributed by atoms with van der Waals surface area (Å²) in [6.07, 6.45) is 1.77. The molecule has 0 unspecified atom stereocenters. The summed E-state index contributed by atoms with van der Waals surface area (Å²) in [7, 11) is 0. The molecule has 5 nitrogen and oxygen atoms in total. The summed E-state index contributed by atoms with van der Waals surface area (Å²) in [5, 5.41) is 3.84. The Balaban J connectivity index is 2.00. The minimum atomic E-state index is -0.470. The Morgan fingerprint density at radius 2 is 2.17 bits per heavy atom. The van der Waals surface area contributed by atoms with Crippen LogP contribution in [0.1, 0.15) is 0 Å². The first-order valence-electron chi connectivity index (χ1n) is 5.27. The van der Waals surface area contributed by atoms with Gasteiger partial charge in [0.15, 0.2) is 0 Å². The van der Waals surface area contributed by atoms with Crippen molar-refractivity contribution in [2.45, 2.75) is 0 Å². The first-order valence-corrected chi connectivity index (χ1v) is 5.27. The van der Waals surface area contributed by atoms with Crippen molar-refractivity contribution >= 4 is 5.69 Å². The van der Waals surface area contributed by atoms with E-state index in [0.717, 1.165) is 5.69 Å². The summed E-state index contributed by atoms with van der Waals surface area (Å²) in [5.41, 5.74) is 6.87. The molecule has 0 aliphatic carbocycles. The van der Waals surface area contributed by atoms with E-state index in [1.54, 1.807) is 6.20 Å². The van der Waals surface area contributed by atoms with Gasteiger partial charge in [0.1, 0.15) is 5.82 Å². The fourth-order valence-electron chi connectivity index (χ4n) is 1.60. The van der Waals surface area contributed by atoms with Gasteiger partial charge in [-0.3, -0.25) is 0 Å². The molecule has 18 heavy (non-hydrogen) atoms. The first-order chi connectivity index (χ1) is 8.74. The molecule has 0 spiro atoms. The lowest BCUT2D eigenvalue weighted by atomic mass is 10.2. The zero-order valence-electron chi connectivity index (χ0n) is 9.22. The molecular weight excluding hydrogens is 235 g/mol. The second-order valence-corrected chi connectivity index (χ2v) is 3.74. The molecule has 0 fully saturated rings. The summed E-state index contributed by atoms with van der Waals surface area (Å²) in [6, 6.07) is 7.93. The van der Waals surface area contributed by atoms with Gasteiger partial charge in [0, 0.05) is 11.8 Å². The van der Waals surface area contributed by atoms with Gasteiger partial charge >= 0.3 is 0 Å². The van der Waals surface area contributed by atoms with Crippen LogP contribution in [0.4, 0.5) is 10.1 Å². The number of nitrogens with zero attached hydrogens (tertiary/aromatic N) is 2. The van der Waals surface area contributed by atoms with E-state index >= 15 is 0 Å². The van der Waals surface area contributed by atoms with E-state index in [1.165, 1.54) is 18.2 Å². The highest BCUT2D eigenvalue weighted by Gasteiger charge is 2.12. The van der Waals surface area contributed by atoms with Crippen molar-refractivity contribution in [3.8, 4) is 23.0 Å². The van der Waals surface area contributed by atoms with Crippen molar-refractivity contribution < 1.29 is 8.91 Å². The Labute approximate surface area is 101 Å². The largest absolute Gasteiger partial charge is 0.396 e. The Morgan fingerprint density at radius 3 is 2.89 bits per heavy atom. The van der Waals surface area contributed by atoms with E-state index in [1.807, 2.05) is 12.1 Å². The number of nitrogens with two attached hydrogens (primary N) is 1. The number of nitrogen functional groups attached to an aromatic ring is 1. The van der Waals surface area contributed by atoms with Crippen molar-refractivity contribution in [3.63, 3.8) is 0 Å². The molecule has 0 bridgehead atoms. The molecule has 1 aromatic carbocycles. The molecule has 0 saturated carbocycles. The molecule has 6 heteroatoms. The number of H-pyrrole nitrogens is 1. The molecule has 0 radical (unpaired) electrons. The monoisotopic (exact) mass is 244 g/mol. The molecule has 90 valence electrons. The lowest BCUT2D eigenvalue weighted by Gasteiger charge is -1.97. The van der Waals surface area contributed by atoms with Crippen LogP contribution in [0.15, 0.2) is 41.1 Å². The SMILES string of the molecule is Nc1cc(-c2nc(-c3ccc[nH]3)no2)ccc1F. The molecule has 0 amide bonds. The van der Waals surface area contributed by atoms with Gasteiger partial charge in [-0.15, -0.1) is 0 Å². The molecule has 0 aliphatic rings. The van der Waals surface area contributed by atoms with Gasteiger partial charge in [-0.2, -0.15) is 4.98 Å². The lowest BCUT2D eigenvalue weighted by molar-refractivity contribution is 0.432. The van der Waals surface area contributed by atoms with Gasteiger partial charge in [0.2, 0.25) is 5.82 Å². The van der Waals surface area contributed by atoms with E-state index in [9.17, 15) is 4.39 Å². The fourth-order valence-corrected chi connectivity index (χ4v) is 1.60. The Kier molecular flexibility index (Phi) is 2.33. The highest BCUT2D eigenvalue weighted by atomic mass is 19.1. The quantitative estimate of drug-likeness (QED) is 0.678. The highest BCUT2D eigenvalue weighted by Crippen LogP contribution is 2.24. The molecule has 3 N–H and O–H groups in total. The summed E-state index contributed by atoms with van der Waals surface area (Å²) >= 11 is 0. The van der Waals surface area contributed by atoms with Crippen LogP contribution in [0.2, 0.25) is 0 Å². The molecule has 3 rings (SSSR count). The number of nitrogens with one attached hydrogen (secondary N) is 1. The van der Waals surface area contributed by atoms with E-state index in [-0.39, 0.29) is 5.69 Å². The highest BCUT2D eigenvalue weighted by molar-refractivity contribution is 5.62. The third-order valence-electron chi connectivity index (χ3n) is 2.51. The van der Waals surface area contributed by atoms with Gasteiger partial charge in [-0.05, 0) is 30.3 Å². The number of aromatic amines is 1. The summed E-state index contributed by atoms with van der Waals surface area (Å²) in [6.45, 7) is 0. The zero-order valence-corrected chi connectivity index (χ0v) is 9.22. The predicted octanol–water partition coefficient (Wildman–Crippen LogP) is 2.45. The van der Waals surface area contributed by atoms with Crippen LogP contribution < -0.4 is 5.73 Å². The van der Waals surface area contributed by atoms with Crippen LogP contribution in [0.5, 0.6) is 0 Å². The Bertz CT molecular complexity index is 675. The molecule has 0 aliphatic heterocycles. The van der Waals surface area contributed by atoms with E-state index in [0.29, 0.717) is 17.3 Å². The number of aromatic nitrogens is 3.